The molecule has 0 saturated heterocycles. The summed E-state index contributed by atoms with van der Waals surface area (Å²) in [6.45, 7) is 1.31. The molecule has 1 unspecified atom stereocenters. The fraction of sp³-hybridized carbons (Fsp3) is 0.357. The van der Waals surface area contributed by atoms with Gasteiger partial charge >= 0.3 is 0 Å². The number of fused-ring (bicyclic) bond motifs is 1. The zero-order valence-electron chi connectivity index (χ0n) is 11.1. The van der Waals surface area contributed by atoms with E-state index in [1.54, 1.807) is 0 Å². The molecule has 0 saturated carbocycles. The Morgan fingerprint density at radius 3 is 3.00 bits per heavy atom. The van der Waals surface area contributed by atoms with Crippen molar-refractivity contribution in [3.8, 4) is 0 Å². The second kappa shape index (κ2) is 5.83. The Labute approximate surface area is 117 Å². The van der Waals surface area contributed by atoms with Crippen LogP contribution >= 0.6 is 0 Å². The van der Waals surface area contributed by atoms with E-state index in [2.05, 4.69) is 37.9 Å². The first-order valence-electron chi connectivity index (χ1n) is 6.75. The largest absolute Gasteiger partial charge is 0.354 e. The van der Waals surface area contributed by atoms with Crippen molar-refractivity contribution in [1.29, 1.82) is 0 Å². The summed E-state index contributed by atoms with van der Waals surface area (Å²) >= 11 is 0. The van der Waals surface area contributed by atoms with Crippen LogP contribution in [0.1, 0.15) is 17.0 Å². The van der Waals surface area contributed by atoms with Gasteiger partial charge in [0.05, 0.1) is 6.04 Å². The summed E-state index contributed by atoms with van der Waals surface area (Å²) in [7, 11) is 0. The molecule has 1 atom stereocenters. The molecule has 20 heavy (non-hydrogen) atoms. The number of nitrogens with one attached hydrogen (secondary N) is 3. The fourth-order valence-electron chi connectivity index (χ4n) is 2.42. The van der Waals surface area contributed by atoms with Crippen LogP contribution in [0.3, 0.4) is 0 Å². The summed E-state index contributed by atoms with van der Waals surface area (Å²) in [5.74, 6) is 0.825. The van der Waals surface area contributed by atoms with Gasteiger partial charge in [0.2, 0.25) is 5.91 Å². The zero-order valence-corrected chi connectivity index (χ0v) is 11.1. The first-order valence-corrected chi connectivity index (χ1v) is 6.75. The lowest BCUT2D eigenvalue weighted by Crippen LogP contribution is -2.48. The third-order valence-electron chi connectivity index (χ3n) is 3.52. The van der Waals surface area contributed by atoms with Crippen LogP contribution < -0.4 is 10.6 Å². The first kappa shape index (κ1) is 12.8. The van der Waals surface area contributed by atoms with Gasteiger partial charge in [-0.15, -0.1) is 0 Å². The number of rotatable bonds is 4. The molecule has 0 bridgehead atoms. The predicted molar refractivity (Wildman–Crippen MR) is 73.9 cm³/mol. The average molecular weight is 271 g/mol. The fourth-order valence-corrected chi connectivity index (χ4v) is 2.42. The van der Waals surface area contributed by atoms with Crippen LogP contribution in [0.5, 0.6) is 0 Å². The van der Waals surface area contributed by atoms with E-state index in [1.165, 1.54) is 17.5 Å². The van der Waals surface area contributed by atoms with Crippen LogP contribution in [-0.2, 0) is 24.2 Å². The van der Waals surface area contributed by atoms with E-state index in [1.807, 2.05) is 12.1 Å². The predicted octanol–water partition coefficient (Wildman–Crippen LogP) is 0.178. The lowest BCUT2D eigenvalue weighted by atomic mass is 9.95. The maximum atomic E-state index is 12.1. The topological polar surface area (TPSA) is 82.7 Å². The molecule has 1 aromatic heterocycles. The second-order valence-corrected chi connectivity index (χ2v) is 4.88. The Kier molecular flexibility index (Phi) is 3.73. The van der Waals surface area contributed by atoms with E-state index in [-0.39, 0.29) is 11.9 Å². The quantitative estimate of drug-likeness (QED) is 0.740. The number of benzene rings is 1. The number of nitrogens with zero attached hydrogens (tertiary/aromatic N) is 2. The monoisotopic (exact) mass is 271 g/mol. The van der Waals surface area contributed by atoms with E-state index in [0.717, 1.165) is 18.8 Å². The van der Waals surface area contributed by atoms with Gasteiger partial charge in [-0.2, -0.15) is 5.10 Å². The molecule has 104 valence electrons. The van der Waals surface area contributed by atoms with E-state index in [9.17, 15) is 4.79 Å². The molecule has 0 aliphatic carbocycles. The van der Waals surface area contributed by atoms with Crippen molar-refractivity contribution in [3.05, 3.63) is 47.5 Å². The van der Waals surface area contributed by atoms with Crippen LogP contribution in [0.15, 0.2) is 30.6 Å². The van der Waals surface area contributed by atoms with Crippen molar-refractivity contribution >= 4 is 5.91 Å². The van der Waals surface area contributed by atoms with Crippen molar-refractivity contribution in [2.45, 2.75) is 25.4 Å². The summed E-state index contributed by atoms with van der Waals surface area (Å²) in [4.78, 5) is 16.1. The standard InChI is InChI=1S/C14H17N5O/c20-14(15-6-5-13-17-9-18-19-13)12-7-10-3-1-2-4-11(10)8-16-12/h1-4,9,12,16H,5-8H2,(H,15,20)(H,17,18,19). The molecular formula is C14H17N5O. The van der Waals surface area contributed by atoms with E-state index < -0.39 is 0 Å². The number of H-pyrrole nitrogens is 1. The van der Waals surface area contributed by atoms with E-state index in [4.69, 9.17) is 0 Å². The molecule has 3 rings (SSSR count). The van der Waals surface area contributed by atoms with E-state index in [0.29, 0.717) is 13.0 Å². The van der Waals surface area contributed by atoms with Crippen molar-refractivity contribution in [1.82, 2.24) is 25.8 Å². The highest BCUT2D eigenvalue weighted by Gasteiger charge is 2.23. The summed E-state index contributed by atoms with van der Waals surface area (Å²) < 4.78 is 0. The average Bonchev–Trinajstić information content (AvgIpc) is 3.00. The molecule has 0 radical (unpaired) electrons. The maximum Gasteiger partial charge on any atom is 0.237 e. The number of aromatic nitrogens is 3. The van der Waals surface area contributed by atoms with Gasteiger partial charge in [0.15, 0.2) is 0 Å². The molecule has 3 N–H and O–H groups in total. The third kappa shape index (κ3) is 2.85. The summed E-state index contributed by atoms with van der Waals surface area (Å²) in [6.07, 6.45) is 2.87. The lowest BCUT2D eigenvalue weighted by molar-refractivity contribution is -0.123. The van der Waals surface area contributed by atoms with Gasteiger partial charge in [0.1, 0.15) is 12.2 Å². The van der Waals surface area contributed by atoms with Gasteiger partial charge in [-0.1, -0.05) is 24.3 Å². The number of aromatic amines is 1. The number of hydrogen-bond donors (Lipinski definition) is 3. The van der Waals surface area contributed by atoms with Crippen LogP contribution in [0, 0.1) is 0 Å². The van der Waals surface area contributed by atoms with Crippen LogP contribution in [0.2, 0.25) is 0 Å². The minimum Gasteiger partial charge on any atom is -0.354 e. The molecule has 1 aromatic carbocycles. The molecule has 1 amide bonds. The van der Waals surface area contributed by atoms with Crippen LogP contribution in [0.25, 0.3) is 0 Å². The van der Waals surface area contributed by atoms with Gasteiger partial charge in [-0.3, -0.25) is 9.89 Å². The molecule has 0 spiro atoms. The lowest BCUT2D eigenvalue weighted by Gasteiger charge is -2.25. The van der Waals surface area contributed by atoms with Crippen molar-refractivity contribution in [2.24, 2.45) is 0 Å². The molecule has 6 heteroatoms. The molecule has 0 fully saturated rings. The highest BCUT2D eigenvalue weighted by molar-refractivity contribution is 5.82. The van der Waals surface area contributed by atoms with Gasteiger partial charge in [-0.05, 0) is 17.5 Å². The van der Waals surface area contributed by atoms with Gasteiger partial charge < -0.3 is 10.6 Å². The summed E-state index contributed by atoms with van der Waals surface area (Å²) in [6, 6.07) is 8.08. The van der Waals surface area contributed by atoms with Crippen molar-refractivity contribution in [2.75, 3.05) is 6.54 Å². The smallest absolute Gasteiger partial charge is 0.237 e. The first-order chi connectivity index (χ1) is 9.83. The number of carbonyl (C=O) groups excluding carboxylic acids is 1. The normalized spacial score (nSPS) is 17.5. The maximum absolute atomic E-state index is 12.1. The Balaban J connectivity index is 1.51. The summed E-state index contributed by atoms with van der Waals surface area (Å²) in [5, 5.41) is 12.8. The Bertz CT molecular complexity index is 581. The number of carbonyl (C=O) groups is 1. The van der Waals surface area contributed by atoms with Crippen molar-refractivity contribution < 1.29 is 4.79 Å². The van der Waals surface area contributed by atoms with Gasteiger partial charge in [0, 0.05) is 19.5 Å². The minimum absolute atomic E-state index is 0.0408. The van der Waals surface area contributed by atoms with Gasteiger partial charge in [0.25, 0.3) is 0 Å². The molecule has 2 heterocycles. The third-order valence-corrected chi connectivity index (χ3v) is 3.52. The SMILES string of the molecule is O=C(NCCc1ncn[nH]1)C1Cc2ccccc2CN1. The van der Waals surface area contributed by atoms with Crippen LogP contribution in [-0.4, -0.2) is 33.7 Å². The minimum atomic E-state index is -0.153. The van der Waals surface area contributed by atoms with Crippen molar-refractivity contribution in [3.63, 3.8) is 0 Å². The summed E-state index contributed by atoms with van der Waals surface area (Å²) in [5.41, 5.74) is 2.53. The highest BCUT2D eigenvalue weighted by Crippen LogP contribution is 2.16. The highest BCUT2D eigenvalue weighted by atomic mass is 16.2. The van der Waals surface area contributed by atoms with E-state index >= 15 is 0 Å². The molecular weight excluding hydrogens is 254 g/mol. The molecule has 2 aromatic rings. The Morgan fingerprint density at radius 2 is 2.20 bits per heavy atom. The second-order valence-electron chi connectivity index (χ2n) is 4.88. The molecule has 1 aliphatic heterocycles. The molecule has 1 aliphatic rings. The van der Waals surface area contributed by atoms with Crippen LogP contribution in [0.4, 0.5) is 0 Å². The Hall–Kier alpha value is -2.21. The zero-order chi connectivity index (χ0) is 13.8. The number of hydrogen-bond acceptors (Lipinski definition) is 4. The van der Waals surface area contributed by atoms with Gasteiger partial charge in [-0.25, -0.2) is 4.98 Å². The molecule has 6 nitrogen and oxygen atoms in total. The number of amides is 1. The Morgan fingerprint density at radius 1 is 1.35 bits per heavy atom.